The molecule has 1 amide bonds. The second kappa shape index (κ2) is 10.5. The Morgan fingerprint density at radius 1 is 1.07 bits per heavy atom. The van der Waals surface area contributed by atoms with Gasteiger partial charge in [0.15, 0.2) is 9.84 Å². The van der Waals surface area contributed by atoms with Gasteiger partial charge >= 0.3 is 0 Å². The molecule has 2 atom stereocenters. The molecule has 0 radical (unpaired) electrons. The maximum atomic E-state index is 15.0. The van der Waals surface area contributed by atoms with Crippen molar-refractivity contribution in [3.63, 3.8) is 0 Å². The number of hydrogen-bond donors (Lipinski definition) is 1. The maximum absolute atomic E-state index is 15.0. The Kier molecular flexibility index (Phi) is 7.04. The summed E-state index contributed by atoms with van der Waals surface area (Å²) >= 11 is 0. The Bertz CT molecular complexity index is 1650. The number of sulfone groups is 1. The number of rotatable bonds is 6. The lowest BCUT2D eigenvalue weighted by molar-refractivity contribution is -0.131. The number of alkyl halides is 2. The Morgan fingerprint density at radius 2 is 1.76 bits per heavy atom. The number of halogens is 3. The highest BCUT2D eigenvalue weighted by Gasteiger charge is 2.51. The fraction of sp³-hybridized carbons (Fsp3) is 0.433. The van der Waals surface area contributed by atoms with Gasteiger partial charge in [0.25, 0.3) is 0 Å². The Balaban J connectivity index is 1.46. The molecule has 2 aromatic carbocycles. The number of benzene rings is 2. The van der Waals surface area contributed by atoms with Crippen LogP contribution in [0, 0.1) is 23.1 Å². The average Bonchev–Trinajstić information content (AvgIpc) is 3.59. The number of para-hydroxylation sites is 1. The number of anilines is 1. The van der Waals surface area contributed by atoms with Crippen molar-refractivity contribution in [1.29, 1.82) is 5.26 Å². The molecule has 2 heterocycles. The Labute approximate surface area is 241 Å². The Morgan fingerprint density at radius 3 is 2.43 bits per heavy atom. The third-order valence-corrected chi connectivity index (χ3v) is 10.0. The van der Waals surface area contributed by atoms with Crippen molar-refractivity contribution in [1.82, 2.24) is 10.3 Å². The van der Waals surface area contributed by atoms with Crippen LogP contribution < -0.4 is 10.2 Å². The molecule has 12 heteroatoms. The van der Waals surface area contributed by atoms with Gasteiger partial charge in [0.05, 0.1) is 17.6 Å². The van der Waals surface area contributed by atoms with Crippen molar-refractivity contribution < 1.29 is 30.8 Å². The van der Waals surface area contributed by atoms with E-state index in [4.69, 9.17) is 9.40 Å². The molecule has 42 heavy (non-hydrogen) atoms. The molecule has 1 saturated heterocycles. The molecule has 3 fully saturated rings. The summed E-state index contributed by atoms with van der Waals surface area (Å²) in [5, 5.41) is 12.3. The summed E-state index contributed by atoms with van der Waals surface area (Å²) in [4.78, 5) is 20.1. The fourth-order valence-electron chi connectivity index (χ4n) is 5.84. The second-order valence-corrected chi connectivity index (χ2v) is 13.7. The van der Waals surface area contributed by atoms with Gasteiger partial charge in [-0.25, -0.2) is 26.6 Å². The minimum atomic E-state index is -3.16. The number of aromatic nitrogens is 1. The molecule has 2 aliphatic carbocycles. The lowest BCUT2D eigenvalue weighted by Gasteiger charge is -2.35. The van der Waals surface area contributed by atoms with Crippen LogP contribution in [0.1, 0.15) is 43.8 Å². The number of nitrogens with zero attached hydrogens (tertiary/aromatic N) is 3. The van der Waals surface area contributed by atoms with Crippen molar-refractivity contribution >= 4 is 21.4 Å². The minimum absolute atomic E-state index is 0.0223. The largest absolute Gasteiger partial charge is 0.440 e. The smallest absolute Gasteiger partial charge is 0.248 e. The standard InChI is InChI=1S/C30H29F3N4O4S/c31-20-7-5-19(6-8-20)28-35-25(22-3-1-2-4-24(22)37-13-15-42(39,40)16-14-37)26(41-28)23-17-30(32,33)10-9-21(23)27(38)36-29(18-34)11-12-29/h1-8,21,23H,9-17H2,(H,36,38)/t21-,23-/m1/s1. The van der Waals surface area contributed by atoms with Gasteiger partial charge in [0, 0.05) is 54.6 Å². The van der Waals surface area contributed by atoms with Crippen LogP contribution >= 0.6 is 0 Å². The van der Waals surface area contributed by atoms with E-state index in [-0.39, 0.29) is 48.4 Å². The normalized spacial score (nSPS) is 24.0. The molecule has 1 aromatic heterocycles. The van der Waals surface area contributed by atoms with Gasteiger partial charge in [-0.3, -0.25) is 4.79 Å². The molecule has 3 aromatic rings. The van der Waals surface area contributed by atoms with Crippen LogP contribution in [-0.2, 0) is 14.6 Å². The lowest BCUT2D eigenvalue weighted by atomic mass is 9.74. The van der Waals surface area contributed by atoms with Crippen LogP contribution in [0.15, 0.2) is 52.9 Å². The van der Waals surface area contributed by atoms with Crippen molar-refractivity contribution in [2.75, 3.05) is 29.5 Å². The van der Waals surface area contributed by atoms with E-state index in [1.807, 2.05) is 11.0 Å². The van der Waals surface area contributed by atoms with E-state index in [0.717, 1.165) is 0 Å². The van der Waals surface area contributed by atoms with Gasteiger partial charge in [0.1, 0.15) is 22.8 Å². The van der Waals surface area contributed by atoms with E-state index in [1.54, 1.807) is 18.2 Å². The van der Waals surface area contributed by atoms with Gasteiger partial charge in [0.2, 0.25) is 17.7 Å². The number of carbonyl (C=O) groups is 1. The first-order chi connectivity index (χ1) is 20.0. The topological polar surface area (TPSA) is 116 Å². The molecule has 1 N–H and O–H groups in total. The molecule has 3 aliphatic rings. The first-order valence-corrected chi connectivity index (χ1v) is 15.7. The van der Waals surface area contributed by atoms with Gasteiger partial charge in [-0.15, -0.1) is 0 Å². The number of amides is 1. The van der Waals surface area contributed by atoms with E-state index >= 15 is 0 Å². The van der Waals surface area contributed by atoms with Crippen molar-refractivity contribution in [2.45, 2.75) is 49.5 Å². The number of nitriles is 1. The average molecular weight is 599 g/mol. The van der Waals surface area contributed by atoms with E-state index in [2.05, 4.69) is 11.4 Å². The summed E-state index contributed by atoms with van der Waals surface area (Å²) in [6, 6.07) is 14.7. The van der Waals surface area contributed by atoms with Crippen molar-refractivity contribution in [2.24, 2.45) is 5.92 Å². The fourth-order valence-corrected chi connectivity index (χ4v) is 7.04. The molecule has 0 bridgehead atoms. The number of oxazole rings is 1. The highest BCUT2D eigenvalue weighted by atomic mass is 32.2. The summed E-state index contributed by atoms with van der Waals surface area (Å²) in [5.74, 6) is -5.81. The van der Waals surface area contributed by atoms with Crippen LogP contribution in [0.3, 0.4) is 0 Å². The number of carbonyl (C=O) groups excluding carboxylic acids is 1. The predicted molar refractivity (Wildman–Crippen MR) is 149 cm³/mol. The van der Waals surface area contributed by atoms with Gasteiger partial charge in [-0.05, 0) is 49.6 Å². The maximum Gasteiger partial charge on any atom is 0.248 e. The molecular weight excluding hydrogens is 569 g/mol. The first-order valence-electron chi connectivity index (χ1n) is 13.9. The molecule has 220 valence electrons. The third kappa shape index (κ3) is 5.62. The zero-order valence-electron chi connectivity index (χ0n) is 22.7. The zero-order valence-corrected chi connectivity index (χ0v) is 23.5. The monoisotopic (exact) mass is 598 g/mol. The highest BCUT2D eigenvalue weighted by molar-refractivity contribution is 7.91. The SMILES string of the molecule is N#CC1(NC(=O)[C@@H]2CCC(F)(F)C[C@H]2c2oc(-c3ccc(F)cc3)nc2-c2ccccc2N2CCS(=O)(=O)CC2)CC1. The molecular formula is C30H29F3N4O4S. The molecule has 0 unspecified atom stereocenters. The van der Waals surface area contributed by atoms with Crippen LogP contribution in [0.4, 0.5) is 18.9 Å². The summed E-state index contributed by atoms with van der Waals surface area (Å²) in [6.45, 7) is 0.500. The molecule has 2 saturated carbocycles. The molecule has 8 nitrogen and oxygen atoms in total. The molecule has 6 rings (SSSR count). The third-order valence-electron chi connectivity index (χ3n) is 8.41. The van der Waals surface area contributed by atoms with Crippen LogP contribution in [0.25, 0.3) is 22.7 Å². The van der Waals surface area contributed by atoms with E-state index in [0.29, 0.717) is 29.7 Å². The Hall–Kier alpha value is -3.85. The van der Waals surface area contributed by atoms with Crippen molar-refractivity contribution in [3.8, 4) is 28.8 Å². The van der Waals surface area contributed by atoms with Crippen LogP contribution in [-0.4, -0.2) is 55.4 Å². The number of nitrogens with one attached hydrogen (secondary N) is 1. The van der Waals surface area contributed by atoms with Crippen LogP contribution in [0.5, 0.6) is 0 Å². The van der Waals surface area contributed by atoms with E-state index in [9.17, 15) is 31.6 Å². The van der Waals surface area contributed by atoms with Gasteiger partial charge in [-0.1, -0.05) is 18.2 Å². The van der Waals surface area contributed by atoms with Crippen LogP contribution in [0.2, 0.25) is 0 Å². The summed E-state index contributed by atoms with van der Waals surface area (Å²) in [6.07, 6.45) is -0.231. The van der Waals surface area contributed by atoms with E-state index < -0.39 is 57.7 Å². The van der Waals surface area contributed by atoms with E-state index in [1.165, 1.54) is 24.3 Å². The second-order valence-electron chi connectivity index (χ2n) is 11.4. The zero-order chi connectivity index (χ0) is 29.7. The molecule has 0 spiro atoms. The summed E-state index contributed by atoms with van der Waals surface area (Å²) < 4.78 is 74.1. The quantitative estimate of drug-likeness (QED) is 0.421. The van der Waals surface area contributed by atoms with Gasteiger partial charge in [-0.2, -0.15) is 5.26 Å². The summed E-state index contributed by atoms with van der Waals surface area (Å²) in [5.41, 5.74) is 0.938. The number of hydrogen-bond acceptors (Lipinski definition) is 7. The highest BCUT2D eigenvalue weighted by Crippen LogP contribution is 2.50. The van der Waals surface area contributed by atoms with Crippen molar-refractivity contribution in [3.05, 3.63) is 60.1 Å². The minimum Gasteiger partial charge on any atom is -0.440 e. The molecule has 1 aliphatic heterocycles. The predicted octanol–water partition coefficient (Wildman–Crippen LogP) is 5.07. The summed E-state index contributed by atoms with van der Waals surface area (Å²) in [7, 11) is -3.16. The van der Waals surface area contributed by atoms with Gasteiger partial charge < -0.3 is 14.6 Å². The lowest BCUT2D eigenvalue weighted by Crippen LogP contribution is -2.45. The first kappa shape index (κ1) is 28.3.